The molecule has 0 aromatic heterocycles. The summed E-state index contributed by atoms with van der Waals surface area (Å²) in [5.41, 5.74) is 3.41. The van der Waals surface area contributed by atoms with Crippen LogP contribution in [0.5, 0.6) is 5.75 Å². The van der Waals surface area contributed by atoms with Crippen LogP contribution < -0.4 is 0 Å². The molecule has 0 saturated heterocycles. The van der Waals surface area contributed by atoms with Gasteiger partial charge in [-0.15, -0.1) is 0 Å². The van der Waals surface area contributed by atoms with Gasteiger partial charge >= 0.3 is 0 Å². The summed E-state index contributed by atoms with van der Waals surface area (Å²) in [5.74, 6) is 4.66. The van der Waals surface area contributed by atoms with Crippen molar-refractivity contribution in [3.05, 3.63) is 28.8 Å². The Balaban J connectivity index is 2.83. The van der Waals surface area contributed by atoms with Crippen LogP contribution in [0, 0.1) is 6.92 Å². The van der Waals surface area contributed by atoms with E-state index in [2.05, 4.69) is 26.0 Å². The van der Waals surface area contributed by atoms with Gasteiger partial charge in [0.1, 0.15) is 5.75 Å². The molecular formula is C13H20OS2. The maximum Gasteiger partial charge on any atom is 0.122 e. The van der Waals surface area contributed by atoms with Gasteiger partial charge in [-0.3, -0.25) is 0 Å². The average Bonchev–Trinajstić information content (AvgIpc) is 2.28. The predicted molar refractivity (Wildman–Crippen MR) is 76.5 cm³/mol. The number of rotatable bonds is 6. The van der Waals surface area contributed by atoms with Gasteiger partial charge in [0.05, 0.1) is 0 Å². The van der Waals surface area contributed by atoms with Crippen molar-refractivity contribution in [1.29, 1.82) is 0 Å². The molecule has 0 spiro atoms. The normalized spacial score (nSPS) is 10.7. The van der Waals surface area contributed by atoms with Crippen LogP contribution in [0.4, 0.5) is 0 Å². The van der Waals surface area contributed by atoms with Crippen LogP contribution >= 0.6 is 23.5 Å². The molecule has 1 rings (SSSR count). The van der Waals surface area contributed by atoms with Gasteiger partial charge in [0, 0.05) is 17.1 Å². The van der Waals surface area contributed by atoms with Crippen molar-refractivity contribution in [3.63, 3.8) is 0 Å². The maximum absolute atomic E-state index is 9.95. The Morgan fingerprint density at radius 2 is 1.69 bits per heavy atom. The van der Waals surface area contributed by atoms with E-state index in [0.717, 1.165) is 34.1 Å². The molecule has 90 valence electrons. The number of phenolic OH excluding ortho intramolecular Hbond substituents is 1. The molecule has 3 heteroatoms. The third-order valence-corrected chi connectivity index (χ3v) is 4.24. The lowest BCUT2D eigenvalue weighted by molar-refractivity contribution is 0.466. The van der Waals surface area contributed by atoms with E-state index in [1.54, 1.807) is 0 Å². The van der Waals surface area contributed by atoms with E-state index in [1.165, 1.54) is 5.56 Å². The van der Waals surface area contributed by atoms with Crippen molar-refractivity contribution >= 4 is 23.5 Å². The SMILES string of the molecule is CCSCc1cc(C)c(O)c(CSCC)c1. The number of hydrogen-bond donors (Lipinski definition) is 1. The summed E-state index contributed by atoms with van der Waals surface area (Å²) in [5, 5.41) is 9.95. The van der Waals surface area contributed by atoms with Crippen molar-refractivity contribution in [2.24, 2.45) is 0 Å². The topological polar surface area (TPSA) is 20.2 Å². The number of hydrogen-bond acceptors (Lipinski definition) is 3. The Bertz CT molecular complexity index is 337. The highest BCUT2D eigenvalue weighted by Gasteiger charge is 2.06. The standard InChI is InChI=1S/C13H20OS2/c1-4-15-8-11-6-10(3)13(14)12(7-11)9-16-5-2/h6-7,14H,4-5,8-9H2,1-3H3. The van der Waals surface area contributed by atoms with Crippen molar-refractivity contribution in [3.8, 4) is 5.75 Å². The van der Waals surface area contributed by atoms with Gasteiger partial charge in [-0.25, -0.2) is 0 Å². The molecule has 0 unspecified atom stereocenters. The summed E-state index contributed by atoms with van der Waals surface area (Å²) in [4.78, 5) is 0. The van der Waals surface area contributed by atoms with Crippen molar-refractivity contribution in [2.45, 2.75) is 32.3 Å². The van der Waals surface area contributed by atoms with E-state index >= 15 is 0 Å². The molecule has 0 aliphatic rings. The van der Waals surface area contributed by atoms with E-state index in [9.17, 15) is 5.11 Å². The van der Waals surface area contributed by atoms with Crippen LogP contribution in [0.25, 0.3) is 0 Å². The minimum Gasteiger partial charge on any atom is -0.507 e. The molecular weight excluding hydrogens is 236 g/mol. The lowest BCUT2D eigenvalue weighted by atomic mass is 10.1. The third-order valence-electron chi connectivity index (χ3n) is 2.37. The molecule has 0 aliphatic carbocycles. The Morgan fingerprint density at radius 1 is 1.06 bits per heavy atom. The molecule has 0 aliphatic heterocycles. The first-order chi connectivity index (χ1) is 7.69. The molecule has 1 aromatic rings. The summed E-state index contributed by atoms with van der Waals surface area (Å²) in [7, 11) is 0. The first-order valence-electron chi connectivity index (χ1n) is 5.65. The van der Waals surface area contributed by atoms with Gasteiger partial charge in [0.25, 0.3) is 0 Å². The highest BCUT2D eigenvalue weighted by Crippen LogP contribution is 2.28. The van der Waals surface area contributed by atoms with Crippen LogP contribution in [0.15, 0.2) is 12.1 Å². The van der Waals surface area contributed by atoms with E-state index in [0.29, 0.717) is 5.75 Å². The minimum absolute atomic E-state index is 0.478. The third kappa shape index (κ3) is 3.95. The second-order valence-electron chi connectivity index (χ2n) is 3.69. The summed E-state index contributed by atoms with van der Waals surface area (Å²) in [6.07, 6.45) is 0. The zero-order chi connectivity index (χ0) is 12.0. The largest absolute Gasteiger partial charge is 0.507 e. The Morgan fingerprint density at radius 3 is 2.31 bits per heavy atom. The average molecular weight is 256 g/mol. The van der Waals surface area contributed by atoms with Crippen molar-refractivity contribution < 1.29 is 5.11 Å². The smallest absolute Gasteiger partial charge is 0.122 e. The summed E-state index contributed by atoms with van der Waals surface area (Å²) < 4.78 is 0. The van der Waals surface area contributed by atoms with Crippen LogP contribution in [-0.2, 0) is 11.5 Å². The summed E-state index contributed by atoms with van der Waals surface area (Å²) >= 11 is 3.77. The van der Waals surface area contributed by atoms with Gasteiger partial charge in [-0.1, -0.05) is 26.0 Å². The fraction of sp³-hybridized carbons (Fsp3) is 0.538. The second kappa shape index (κ2) is 7.13. The minimum atomic E-state index is 0.478. The molecule has 0 heterocycles. The first-order valence-corrected chi connectivity index (χ1v) is 7.96. The Kier molecular flexibility index (Phi) is 6.14. The van der Waals surface area contributed by atoms with E-state index < -0.39 is 0 Å². The monoisotopic (exact) mass is 256 g/mol. The lowest BCUT2D eigenvalue weighted by Gasteiger charge is -2.10. The predicted octanol–water partition coefficient (Wildman–Crippen LogP) is 4.21. The molecule has 0 radical (unpaired) electrons. The fourth-order valence-electron chi connectivity index (χ4n) is 1.56. The molecule has 1 aromatic carbocycles. The van der Waals surface area contributed by atoms with Gasteiger partial charge in [0.15, 0.2) is 0 Å². The van der Waals surface area contributed by atoms with Gasteiger partial charge in [-0.05, 0) is 29.6 Å². The van der Waals surface area contributed by atoms with Crippen LogP contribution in [0.1, 0.15) is 30.5 Å². The van der Waals surface area contributed by atoms with E-state index in [-0.39, 0.29) is 0 Å². The van der Waals surface area contributed by atoms with Gasteiger partial charge in [-0.2, -0.15) is 23.5 Å². The Labute approximate surface area is 107 Å². The zero-order valence-corrected chi connectivity index (χ0v) is 11.9. The second-order valence-corrected chi connectivity index (χ2v) is 6.24. The first kappa shape index (κ1) is 13.8. The zero-order valence-electron chi connectivity index (χ0n) is 10.2. The maximum atomic E-state index is 9.95. The van der Waals surface area contributed by atoms with Crippen LogP contribution in [0.3, 0.4) is 0 Å². The molecule has 0 atom stereocenters. The highest BCUT2D eigenvalue weighted by molar-refractivity contribution is 7.98. The van der Waals surface area contributed by atoms with Crippen LogP contribution in [0.2, 0.25) is 0 Å². The van der Waals surface area contributed by atoms with Crippen LogP contribution in [-0.4, -0.2) is 16.6 Å². The molecule has 16 heavy (non-hydrogen) atoms. The van der Waals surface area contributed by atoms with Gasteiger partial charge in [0.2, 0.25) is 0 Å². The van der Waals surface area contributed by atoms with E-state index in [4.69, 9.17) is 0 Å². The quantitative estimate of drug-likeness (QED) is 0.823. The fourth-order valence-corrected chi connectivity index (χ4v) is 2.81. The highest BCUT2D eigenvalue weighted by atomic mass is 32.2. The van der Waals surface area contributed by atoms with Crippen molar-refractivity contribution in [1.82, 2.24) is 0 Å². The number of aryl methyl sites for hydroxylation is 1. The lowest BCUT2D eigenvalue weighted by Crippen LogP contribution is -1.91. The molecule has 0 amide bonds. The number of benzene rings is 1. The van der Waals surface area contributed by atoms with E-state index in [1.807, 2.05) is 30.4 Å². The van der Waals surface area contributed by atoms with Crippen molar-refractivity contribution in [2.75, 3.05) is 11.5 Å². The Hall–Kier alpha value is -0.280. The number of thioether (sulfide) groups is 2. The molecule has 0 saturated carbocycles. The van der Waals surface area contributed by atoms with Gasteiger partial charge < -0.3 is 5.11 Å². The molecule has 0 bridgehead atoms. The molecule has 1 N–H and O–H groups in total. The molecule has 0 fully saturated rings. The summed E-state index contributed by atoms with van der Waals surface area (Å²) in [6, 6.07) is 4.24. The summed E-state index contributed by atoms with van der Waals surface area (Å²) in [6.45, 7) is 6.30. The number of phenols is 1. The number of aromatic hydroxyl groups is 1. The molecule has 1 nitrogen and oxygen atoms in total.